The molecule has 0 bridgehead atoms. The van der Waals surface area contributed by atoms with Gasteiger partial charge in [0.2, 0.25) is 0 Å². The summed E-state index contributed by atoms with van der Waals surface area (Å²) in [5.74, 6) is -0.794. The molecule has 15 heavy (non-hydrogen) atoms. The second-order valence-electron chi connectivity index (χ2n) is 2.85. The van der Waals surface area contributed by atoms with Gasteiger partial charge in [0, 0.05) is 4.47 Å². The van der Waals surface area contributed by atoms with Gasteiger partial charge in [0.25, 0.3) is 0 Å². The maximum Gasteiger partial charge on any atom is 0.344 e. The fourth-order valence-corrected chi connectivity index (χ4v) is 1.29. The number of ether oxygens (including phenoxy) is 1. The van der Waals surface area contributed by atoms with Crippen molar-refractivity contribution in [2.24, 2.45) is 0 Å². The standard InChI is InChI=1S/C10H8BrNO3/c1-6(10(13)14)15-9-3-2-8(11)4-7(9)5-12/h2-4,6H,1H3,(H,13,14). The number of carboxylic acids is 1. The monoisotopic (exact) mass is 269 g/mol. The number of rotatable bonds is 3. The lowest BCUT2D eigenvalue weighted by molar-refractivity contribution is -0.144. The topological polar surface area (TPSA) is 70.3 Å². The molecule has 0 radical (unpaired) electrons. The number of nitrogens with zero attached hydrogens (tertiary/aromatic N) is 1. The number of carbonyl (C=O) groups is 1. The van der Waals surface area contributed by atoms with Crippen LogP contribution in [0.25, 0.3) is 0 Å². The zero-order valence-corrected chi connectivity index (χ0v) is 9.48. The fourth-order valence-electron chi connectivity index (χ4n) is 0.933. The first-order valence-electron chi connectivity index (χ1n) is 4.13. The maximum atomic E-state index is 10.6. The Bertz CT molecular complexity index is 425. The highest BCUT2D eigenvalue weighted by Gasteiger charge is 2.14. The second kappa shape index (κ2) is 4.80. The Kier molecular flexibility index (Phi) is 3.69. The van der Waals surface area contributed by atoms with E-state index in [9.17, 15) is 4.79 Å². The summed E-state index contributed by atoms with van der Waals surface area (Å²) in [6, 6.07) is 6.75. The van der Waals surface area contributed by atoms with Crippen LogP contribution in [0, 0.1) is 11.3 Å². The van der Waals surface area contributed by atoms with Gasteiger partial charge in [-0.3, -0.25) is 0 Å². The molecule has 4 nitrogen and oxygen atoms in total. The van der Waals surface area contributed by atoms with Crippen LogP contribution in [0.2, 0.25) is 0 Å². The van der Waals surface area contributed by atoms with E-state index in [1.54, 1.807) is 18.2 Å². The Balaban J connectivity index is 2.96. The van der Waals surface area contributed by atoms with E-state index in [1.165, 1.54) is 6.92 Å². The van der Waals surface area contributed by atoms with Crippen LogP contribution in [0.15, 0.2) is 22.7 Å². The number of halogens is 1. The average Bonchev–Trinajstić information content (AvgIpc) is 2.20. The van der Waals surface area contributed by atoms with E-state index in [4.69, 9.17) is 15.1 Å². The van der Waals surface area contributed by atoms with E-state index < -0.39 is 12.1 Å². The van der Waals surface area contributed by atoms with Gasteiger partial charge < -0.3 is 9.84 Å². The predicted octanol–water partition coefficient (Wildman–Crippen LogP) is 2.17. The molecule has 0 aliphatic carbocycles. The minimum absolute atomic E-state index is 0.274. The number of nitriles is 1. The van der Waals surface area contributed by atoms with Crippen molar-refractivity contribution in [1.29, 1.82) is 5.26 Å². The molecule has 0 amide bonds. The number of benzene rings is 1. The van der Waals surface area contributed by atoms with Gasteiger partial charge in [-0.15, -0.1) is 0 Å². The normalized spacial score (nSPS) is 11.5. The molecule has 1 aromatic carbocycles. The highest BCUT2D eigenvalue weighted by molar-refractivity contribution is 9.10. The SMILES string of the molecule is CC(Oc1ccc(Br)cc1C#N)C(=O)O. The van der Waals surface area contributed by atoms with Gasteiger partial charge in [-0.25, -0.2) is 4.79 Å². The molecule has 1 atom stereocenters. The summed E-state index contributed by atoms with van der Waals surface area (Å²) >= 11 is 3.21. The maximum absolute atomic E-state index is 10.6. The minimum atomic E-state index is -1.07. The summed E-state index contributed by atoms with van der Waals surface area (Å²) in [5.41, 5.74) is 0.303. The largest absolute Gasteiger partial charge is 0.479 e. The summed E-state index contributed by atoms with van der Waals surface area (Å²) in [7, 11) is 0. The highest BCUT2D eigenvalue weighted by Crippen LogP contribution is 2.23. The number of aliphatic carboxylic acids is 1. The van der Waals surface area contributed by atoms with Crippen molar-refractivity contribution >= 4 is 21.9 Å². The van der Waals surface area contributed by atoms with Crippen LogP contribution in [0.3, 0.4) is 0 Å². The fraction of sp³-hybridized carbons (Fsp3) is 0.200. The van der Waals surface area contributed by atoms with Crippen molar-refractivity contribution < 1.29 is 14.6 Å². The molecule has 0 aliphatic heterocycles. The van der Waals surface area contributed by atoms with Gasteiger partial charge in [0.05, 0.1) is 5.56 Å². The zero-order chi connectivity index (χ0) is 11.4. The first kappa shape index (κ1) is 11.5. The van der Waals surface area contributed by atoms with Crippen LogP contribution in [0.1, 0.15) is 12.5 Å². The average molecular weight is 270 g/mol. The van der Waals surface area contributed by atoms with E-state index in [1.807, 2.05) is 6.07 Å². The van der Waals surface area contributed by atoms with Crippen molar-refractivity contribution in [3.05, 3.63) is 28.2 Å². The number of carboxylic acid groups (broad SMARTS) is 1. The van der Waals surface area contributed by atoms with Crippen LogP contribution in [-0.2, 0) is 4.79 Å². The summed E-state index contributed by atoms with van der Waals surface area (Å²) in [6.45, 7) is 1.41. The van der Waals surface area contributed by atoms with Crippen molar-refractivity contribution in [3.8, 4) is 11.8 Å². The molecule has 0 fully saturated rings. The van der Waals surface area contributed by atoms with E-state index in [0.717, 1.165) is 4.47 Å². The summed E-state index contributed by atoms with van der Waals surface area (Å²) in [6.07, 6.45) is -0.974. The van der Waals surface area contributed by atoms with E-state index >= 15 is 0 Å². The van der Waals surface area contributed by atoms with Gasteiger partial charge in [0.15, 0.2) is 6.10 Å². The first-order chi connectivity index (χ1) is 7.04. The lowest BCUT2D eigenvalue weighted by Gasteiger charge is -2.11. The summed E-state index contributed by atoms with van der Waals surface area (Å²) in [5, 5.41) is 17.4. The molecule has 0 saturated carbocycles. The Hall–Kier alpha value is -1.54. The molecule has 5 heteroatoms. The first-order valence-corrected chi connectivity index (χ1v) is 4.93. The van der Waals surface area contributed by atoms with Crippen LogP contribution >= 0.6 is 15.9 Å². The molecular formula is C10H8BrNO3. The third-order valence-electron chi connectivity index (χ3n) is 1.71. The van der Waals surface area contributed by atoms with Crippen LogP contribution in [0.5, 0.6) is 5.75 Å². The smallest absolute Gasteiger partial charge is 0.344 e. The molecule has 0 aromatic heterocycles. The Morgan fingerprint density at radius 3 is 2.87 bits per heavy atom. The molecule has 0 aliphatic rings. The van der Waals surface area contributed by atoms with Crippen molar-refractivity contribution in [2.45, 2.75) is 13.0 Å². The summed E-state index contributed by atoms with van der Waals surface area (Å²) in [4.78, 5) is 10.6. The van der Waals surface area contributed by atoms with Crippen molar-refractivity contribution in [2.75, 3.05) is 0 Å². The third kappa shape index (κ3) is 2.96. The lowest BCUT2D eigenvalue weighted by atomic mass is 10.2. The molecule has 1 N–H and O–H groups in total. The molecule has 1 unspecified atom stereocenters. The lowest BCUT2D eigenvalue weighted by Crippen LogP contribution is -2.23. The molecular weight excluding hydrogens is 262 g/mol. The van der Waals surface area contributed by atoms with Crippen LogP contribution in [0.4, 0.5) is 0 Å². The van der Waals surface area contributed by atoms with E-state index in [2.05, 4.69) is 15.9 Å². The Morgan fingerprint density at radius 2 is 2.33 bits per heavy atom. The Labute approximate surface area is 95.2 Å². The van der Waals surface area contributed by atoms with Gasteiger partial charge in [-0.2, -0.15) is 5.26 Å². The molecule has 1 rings (SSSR count). The van der Waals surface area contributed by atoms with Gasteiger partial charge in [-0.05, 0) is 25.1 Å². The highest BCUT2D eigenvalue weighted by atomic mass is 79.9. The molecule has 78 valence electrons. The molecule has 1 aromatic rings. The molecule has 0 saturated heterocycles. The zero-order valence-electron chi connectivity index (χ0n) is 7.90. The number of hydrogen-bond acceptors (Lipinski definition) is 3. The van der Waals surface area contributed by atoms with Gasteiger partial charge in [-0.1, -0.05) is 15.9 Å². The second-order valence-corrected chi connectivity index (χ2v) is 3.77. The van der Waals surface area contributed by atoms with Crippen LogP contribution in [-0.4, -0.2) is 17.2 Å². The van der Waals surface area contributed by atoms with Crippen molar-refractivity contribution in [1.82, 2.24) is 0 Å². The number of hydrogen-bond donors (Lipinski definition) is 1. The van der Waals surface area contributed by atoms with Gasteiger partial charge in [0.1, 0.15) is 11.8 Å². The quantitative estimate of drug-likeness (QED) is 0.913. The van der Waals surface area contributed by atoms with E-state index in [-0.39, 0.29) is 5.75 Å². The van der Waals surface area contributed by atoms with Crippen LogP contribution < -0.4 is 4.74 Å². The Morgan fingerprint density at radius 1 is 1.67 bits per heavy atom. The molecule has 0 spiro atoms. The van der Waals surface area contributed by atoms with Gasteiger partial charge >= 0.3 is 5.97 Å². The van der Waals surface area contributed by atoms with Crippen molar-refractivity contribution in [3.63, 3.8) is 0 Å². The van der Waals surface area contributed by atoms with E-state index in [0.29, 0.717) is 5.56 Å². The predicted molar refractivity (Wildman–Crippen MR) is 56.6 cm³/mol. The third-order valence-corrected chi connectivity index (χ3v) is 2.21. The minimum Gasteiger partial charge on any atom is -0.479 e. The summed E-state index contributed by atoms with van der Waals surface area (Å²) < 4.78 is 5.85. The molecule has 0 heterocycles.